The zero-order chi connectivity index (χ0) is 10.4. The third-order valence-corrected chi connectivity index (χ3v) is 2.01. The van der Waals surface area contributed by atoms with E-state index >= 15 is 0 Å². The average molecular weight is 185 g/mol. The Bertz CT molecular complexity index is 194. The van der Waals surface area contributed by atoms with E-state index in [4.69, 9.17) is 0 Å². The van der Waals surface area contributed by atoms with Crippen molar-refractivity contribution >= 4 is 0 Å². The van der Waals surface area contributed by atoms with E-state index in [0.717, 1.165) is 0 Å². The first-order chi connectivity index (χ1) is 6.13. The van der Waals surface area contributed by atoms with Crippen molar-refractivity contribution in [2.75, 3.05) is 7.05 Å². The van der Waals surface area contributed by atoms with Crippen molar-refractivity contribution in [1.29, 1.82) is 0 Å². The minimum Gasteiger partial charge on any atom is -0.345 e. The lowest BCUT2D eigenvalue weighted by molar-refractivity contribution is 0.228. The molecule has 1 aliphatic heterocycles. The lowest BCUT2D eigenvalue weighted by Gasteiger charge is -2.30. The first-order valence-electron chi connectivity index (χ1n) is 4.89. The fourth-order valence-corrected chi connectivity index (χ4v) is 1.31. The van der Waals surface area contributed by atoms with Crippen LogP contribution in [0.3, 0.4) is 0 Å². The molecule has 0 fully saturated rings. The van der Waals surface area contributed by atoms with Gasteiger partial charge in [-0.25, -0.2) is 0 Å². The second-order valence-corrected chi connectivity index (χ2v) is 3.22. The highest BCUT2D eigenvalue weighted by Gasteiger charge is 2.19. The molecule has 0 aliphatic carbocycles. The molecule has 0 spiro atoms. The van der Waals surface area contributed by atoms with Gasteiger partial charge in [0.1, 0.15) is 0 Å². The molecule has 2 heteroatoms. The molecule has 1 rings (SSSR count). The van der Waals surface area contributed by atoms with Gasteiger partial charge < -0.3 is 4.90 Å². The number of hydrogen-bond acceptors (Lipinski definition) is 1. The van der Waals surface area contributed by atoms with E-state index in [2.05, 4.69) is 13.8 Å². The molecule has 1 unspecified atom stereocenters. The monoisotopic (exact) mass is 185 g/mol. The average Bonchev–Trinajstić information content (AvgIpc) is 2.13. The summed E-state index contributed by atoms with van der Waals surface area (Å²) in [7, 11) is 1.78. The fraction of sp³-hybridized carbons (Fsp3) is 0.636. The summed E-state index contributed by atoms with van der Waals surface area (Å²) in [6.45, 7) is 8.17. The summed E-state index contributed by atoms with van der Waals surface area (Å²) in [5, 5.41) is 0. The molecule has 1 aliphatic rings. The minimum absolute atomic E-state index is 0.147. The van der Waals surface area contributed by atoms with Gasteiger partial charge in [-0.2, -0.15) is 4.39 Å². The van der Waals surface area contributed by atoms with Crippen molar-refractivity contribution < 1.29 is 4.39 Å². The van der Waals surface area contributed by atoms with Crippen LogP contribution in [0.2, 0.25) is 0 Å². The second-order valence-electron chi connectivity index (χ2n) is 3.22. The Hall–Kier alpha value is -0.790. The molecule has 0 saturated carbocycles. The highest BCUT2D eigenvalue weighted by atomic mass is 19.1. The van der Waals surface area contributed by atoms with Crippen molar-refractivity contribution in [3.05, 3.63) is 24.2 Å². The first kappa shape index (κ1) is 12.2. The van der Waals surface area contributed by atoms with Crippen LogP contribution in [0.15, 0.2) is 24.2 Å². The first-order valence-corrected chi connectivity index (χ1v) is 4.89. The Morgan fingerprint density at radius 2 is 1.92 bits per heavy atom. The second kappa shape index (κ2) is 5.79. The summed E-state index contributed by atoms with van der Waals surface area (Å²) in [4.78, 5) is 1.66. The number of allylic oxidation sites excluding steroid dienone is 2. The largest absolute Gasteiger partial charge is 0.345 e. The van der Waals surface area contributed by atoms with Gasteiger partial charge in [0.2, 0.25) is 0 Å². The summed E-state index contributed by atoms with van der Waals surface area (Å²) in [5.74, 6) is 0.307. The summed E-state index contributed by atoms with van der Waals surface area (Å²) in [6.07, 6.45) is 5.28. The molecule has 1 heterocycles. The Morgan fingerprint density at radius 1 is 1.38 bits per heavy atom. The SMILES string of the molecule is CC.CC(C)C1C=CC=C(F)N1C. The molecular formula is C11H20FN. The van der Waals surface area contributed by atoms with Gasteiger partial charge >= 0.3 is 0 Å². The van der Waals surface area contributed by atoms with Crippen LogP contribution in [0.5, 0.6) is 0 Å². The summed E-state index contributed by atoms with van der Waals surface area (Å²) < 4.78 is 12.9. The number of rotatable bonds is 1. The van der Waals surface area contributed by atoms with E-state index in [1.165, 1.54) is 6.08 Å². The van der Waals surface area contributed by atoms with Gasteiger partial charge in [0, 0.05) is 7.05 Å². The summed E-state index contributed by atoms with van der Waals surface area (Å²) in [5.41, 5.74) is 0. The molecule has 0 aromatic carbocycles. The molecule has 0 radical (unpaired) electrons. The van der Waals surface area contributed by atoms with Crippen LogP contribution in [-0.2, 0) is 0 Å². The van der Waals surface area contributed by atoms with Gasteiger partial charge in [0.25, 0.3) is 0 Å². The summed E-state index contributed by atoms with van der Waals surface area (Å²) >= 11 is 0. The standard InChI is InChI=1S/C9H14FN.C2H6/c1-7(2)8-5-4-6-9(10)11(8)3;1-2/h4-8H,1-3H3;1-2H3. The fourth-order valence-electron chi connectivity index (χ4n) is 1.31. The van der Waals surface area contributed by atoms with Crippen molar-refractivity contribution in [2.45, 2.75) is 33.7 Å². The van der Waals surface area contributed by atoms with E-state index < -0.39 is 0 Å². The third-order valence-electron chi connectivity index (χ3n) is 2.01. The molecule has 0 aromatic rings. The zero-order valence-electron chi connectivity index (χ0n) is 9.21. The molecule has 1 atom stereocenters. The lowest BCUT2D eigenvalue weighted by Crippen LogP contribution is -2.33. The normalized spacial score (nSPS) is 21.0. The molecule has 76 valence electrons. The zero-order valence-corrected chi connectivity index (χ0v) is 9.21. The maximum Gasteiger partial charge on any atom is 0.189 e. The van der Waals surface area contributed by atoms with Gasteiger partial charge in [-0.05, 0) is 12.0 Å². The van der Waals surface area contributed by atoms with Crippen LogP contribution in [0.4, 0.5) is 4.39 Å². The van der Waals surface area contributed by atoms with E-state index in [1.54, 1.807) is 18.0 Å². The molecule has 0 amide bonds. The van der Waals surface area contributed by atoms with Crippen LogP contribution < -0.4 is 0 Å². The highest BCUT2D eigenvalue weighted by Crippen LogP contribution is 2.20. The van der Waals surface area contributed by atoms with Crippen LogP contribution >= 0.6 is 0 Å². The third kappa shape index (κ3) is 3.21. The van der Waals surface area contributed by atoms with E-state index in [0.29, 0.717) is 5.92 Å². The Balaban J connectivity index is 0.000000671. The lowest BCUT2D eigenvalue weighted by atomic mass is 10.0. The van der Waals surface area contributed by atoms with Crippen molar-refractivity contribution in [3.63, 3.8) is 0 Å². The quantitative estimate of drug-likeness (QED) is 0.566. The smallest absolute Gasteiger partial charge is 0.189 e. The maximum atomic E-state index is 12.9. The molecule has 0 N–H and O–H groups in total. The van der Waals surface area contributed by atoms with Crippen molar-refractivity contribution in [2.24, 2.45) is 5.92 Å². The number of halogens is 1. The van der Waals surface area contributed by atoms with Crippen LogP contribution in [0.1, 0.15) is 27.7 Å². The van der Waals surface area contributed by atoms with Gasteiger partial charge in [-0.15, -0.1) is 0 Å². The predicted molar refractivity (Wildman–Crippen MR) is 56.1 cm³/mol. The molecule has 0 bridgehead atoms. The maximum absolute atomic E-state index is 12.9. The van der Waals surface area contributed by atoms with Crippen LogP contribution in [0.25, 0.3) is 0 Å². The number of likely N-dealkylation sites (N-methyl/N-ethyl adjacent to an activating group) is 1. The van der Waals surface area contributed by atoms with Crippen molar-refractivity contribution in [1.82, 2.24) is 4.90 Å². The minimum atomic E-state index is -0.147. The summed E-state index contributed by atoms with van der Waals surface area (Å²) in [6, 6.07) is 0.208. The molecular weight excluding hydrogens is 165 g/mol. The Labute approximate surface area is 80.9 Å². The predicted octanol–water partition coefficient (Wildman–Crippen LogP) is 3.35. The number of nitrogens with zero attached hydrogens (tertiary/aromatic N) is 1. The van der Waals surface area contributed by atoms with E-state index in [9.17, 15) is 4.39 Å². The van der Waals surface area contributed by atoms with Crippen molar-refractivity contribution in [3.8, 4) is 0 Å². The van der Waals surface area contributed by atoms with Crippen LogP contribution in [-0.4, -0.2) is 18.0 Å². The molecule has 13 heavy (non-hydrogen) atoms. The van der Waals surface area contributed by atoms with Crippen LogP contribution in [0, 0.1) is 5.92 Å². The highest BCUT2D eigenvalue weighted by molar-refractivity contribution is 5.16. The number of hydrogen-bond donors (Lipinski definition) is 0. The Kier molecular flexibility index (Phi) is 5.44. The van der Waals surface area contributed by atoms with E-state index in [1.807, 2.05) is 19.9 Å². The molecule has 0 saturated heterocycles. The van der Waals surface area contributed by atoms with E-state index in [-0.39, 0.29) is 12.0 Å². The topological polar surface area (TPSA) is 3.24 Å². The van der Waals surface area contributed by atoms with Gasteiger partial charge in [0.15, 0.2) is 5.95 Å². The molecule has 0 aromatic heterocycles. The van der Waals surface area contributed by atoms with Gasteiger partial charge in [0.05, 0.1) is 6.04 Å². The van der Waals surface area contributed by atoms with Gasteiger partial charge in [-0.1, -0.05) is 39.8 Å². The Morgan fingerprint density at radius 3 is 2.31 bits per heavy atom. The van der Waals surface area contributed by atoms with Gasteiger partial charge in [-0.3, -0.25) is 0 Å². The molecule has 1 nitrogen and oxygen atoms in total.